The Balaban J connectivity index is 1.38. The fraction of sp³-hybridized carbons (Fsp3) is 0.292. The normalized spacial score (nSPS) is 16.4. The Morgan fingerprint density at radius 2 is 1.97 bits per heavy atom. The highest BCUT2D eigenvalue weighted by atomic mass is 16.2. The maximum Gasteiger partial charge on any atom is 0.223 e. The highest BCUT2D eigenvalue weighted by Crippen LogP contribution is 2.24. The van der Waals surface area contributed by atoms with Crippen LogP contribution in [0.15, 0.2) is 60.8 Å². The molecule has 1 N–H and O–H groups in total. The van der Waals surface area contributed by atoms with E-state index in [0.717, 1.165) is 28.5 Å². The molecule has 0 spiro atoms. The van der Waals surface area contributed by atoms with E-state index in [2.05, 4.69) is 22.4 Å². The molecule has 3 aromatic rings. The summed E-state index contributed by atoms with van der Waals surface area (Å²) in [5.41, 5.74) is 4.26. The van der Waals surface area contributed by atoms with Gasteiger partial charge in [-0.3, -0.25) is 14.6 Å². The van der Waals surface area contributed by atoms with Crippen molar-refractivity contribution in [2.45, 2.75) is 45.3 Å². The van der Waals surface area contributed by atoms with E-state index in [1.165, 1.54) is 5.56 Å². The number of nitrogens with one attached hydrogen (secondary N) is 1. The number of carbonyl (C=O) groups is 2. The number of rotatable bonds is 6. The Bertz CT molecular complexity index is 1020. The van der Waals surface area contributed by atoms with Crippen molar-refractivity contribution in [1.82, 2.24) is 15.2 Å². The molecule has 1 aliphatic rings. The van der Waals surface area contributed by atoms with E-state index < -0.39 is 0 Å². The molecular formula is C24H25N3O2. The van der Waals surface area contributed by atoms with Gasteiger partial charge in [-0.2, -0.15) is 0 Å². The largest absolute Gasteiger partial charge is 0.352 e. The van der Waals surface area contributed by atoms with Crippen LogP contribution in [-0.2, 0) is 22.7 Å². The van der Waals surface area contributed by atoms with Crippen LogP contribution in [0.3, 0.4) is 0 Å². The molecule has 4 rings (SSSR count). The van der Waals surface area contributed by atoms with Crippen molar-refractivity contribution in [3.05, 3.63) is 77.5 Å². The van der Waals surface area contributed by atoms with Crippen LogP contribution >= 0.6 is 0 Å². The molecule has 1 fully saturated rings. The summed E-state index contributed by atoms with van der Waals surface area (Å²) in [6, 6.07) is 18.0. The van der Waals surface area contributed by atoms with Crippen LogP contribution in [0, 0.1) is 6.92 Å². The van der Waals surface area contributed by atoms with E-state index in [9.17, 15) is 9.59 Å². The molecule has 1 saturated heterocycles. The number of pyridine rings is 1. The Hall–Kier alpha value is -3.21. The van der Waals surface area contributed by atoms with Crippen molar-refractivity contribution in [2.24, 2.45) is 0 Å². The number of aryl methyl sites for hydroxylation is 1. The van der Waals surface area contributed by atoms with E-state index in [4.69, 9.17) is 0 Å². The smallest absolute Gasteiger partial charge is 0.223 e. The summed E-state index contributed by atoms with van der Waals surface area (Å²) in [4.78, 5) is 31.2. The molecule has 1 aromatic heterocycles. The van der Waals surface area contributed by atoms with Crippen LogP contribution in [0.5, 0.6) is 0 Å². The Kier molecular flexibility index (Phi) is 5.56. The van der Waals surface area contributed by atoms with Crippen LogP contribution < -0.4 is 5.32 Å². The number of hydrogen-bond acceptors (Lipinski definition) is 3. The number of carbonyl (C=O) groups excluding carboxylic acids is 2. The molecule has 29 heavy (non-hydrogen) atoms. The standard InChI is InChI=1S/C24H25N3O2/c1-17-7-9-18(10-8-17)16-27-20(11-12-24(27)29)14-23(28)26-15-19-4-2-6-22-21(19)5-3-13-25-22/h2-10,13,20H,11-12,14-16H2,1H3,(H,26,28). The molecule has 2 heterocycles. The van der Waals surface area contributed by atoms with Crippen molar-refractivity contribution in [3.63, 3.8) is 0 Å². The molecular weight excluding hydrogens is 362 g/mol. The first-order chi connectivity index (χ1) is 14.1. The van der Waals surface area contributed by atoms with Crippen LogP contribution in [0.4, 0.5) is 0 Å². The van der Waals surface area contributed by atoms with Gasteiger partial charge in [0.25, 0.3) is 0 Å². The van der Waals surface area contributed by atoms with E-state index in [1.54, 1.807) is 6.20 Å². The summed E-state index contributed by atoms with van der Waals surface area (Å²) >= 11 is 0. The predicted octanol–water partition coefficient (Wildman–Crippen LogP) is 3.74. The summed E-state index contributed by atoms with van der Waals surface area (Å²) < 4.78 is 0. The number of benzene rings is 2. The second-order valence-corrected chi connectivity index (χ2v) is 7.67. The maximum atomic E-state index is 12.6. The van der Waals surface area contributed by atoms with E-state index in [0.29, 0.717) is 25.9 Å². The zero-order valence-corrected chi connectivity index (χ0v) is 16.6. The minimum atomic E-state index is -0.0435. The zero-order valence-electron chi connectivity index (χ0n) is 16.6. The molecule has 148 valence electrons. The molecule has 5 heteroatoms. The summed E-state index contributed by atoms with van der Waals surface area (Å²) in [6.45, 7) is 3.07. The second kappa shape index (κ2) is 8.43. The fourth-order valence-corrected chi connectivity index (χ4v) is 3.91. The van der Waals surface area contributed by atoms with Crippen molar-refractivity contribution < 1.29 is 9.59 Å². The molecule has 2 amide bonds. The van der Waals surface area contributed by atoms with Gasteiger partial charge in [-0.1, -0.05) is 48.0 Å². The minimum Gasteiger partial charge on any atom is -0.352 e. The molecule has 5 nitrogen and oxygen atoms in total. The SMILES string of the molecule is Cc1ccc(CN2C(=O)CCC2CC(=O)NCc2cccc3ncccc23)cc1. The lowest BCUT2D eigenvalue weighted by Crippen LogP contribution is -2.36. The van der Waals surface area contributed by atoms with Crippen molar-refractivity contribution >= 4 is 22.7 Å². The van der Waals surface area contributed by atoms with Crippen molar-refractivity contribution in [1.29, 1.82) is 0 Å². The number of fused-ring (bicyclic) bond motifs is 1. The summed E-state index contributed by atoms with van der Waals surface area (Å²) in [5, 5.41) is 4.07. The van der Waals surface area contributed by atoms with E-state index >= 15 is 0 Å². The number of likely N-dealkylation sites (tertiary alicyclic amines) is 1. The third-order valence-corrected chi connectivity index (χ3v) is 5.56. The Labute approximate surface area is 170 Å². The van der Waals surface area contributed by atoms with E-state index in [1.807, 2.05) is 54.3 Å². The van der Waals surface area contributed by atoms with Crippen molar-refractivity contribution in [2.75, 3.05) is 0 Å². The topological polar surface area (TPSA) is 62.3 Å². The number of nitrogens with zero attached hydrogens (tertiary/aromatic N) is 2. The van der Waals surface area contributed by atoms with Gasteiger partial charge in [-0.25, -0.2) is 0 Å². The third-order valence-electron chi connectivity index (χ3n) is 5.56. The summed E-state index contributed by atoms with van der Waals surface area (Å²) in [5.74, 6) is 0.100. The van der Waals surface area contributed by atoms with Crippen LogP contribution in [0.2, 0.25) is 0 Å². The Morgan fingerprint density at radius 3 is 2.79 bits per heavy atom. The van der Waals surface area contributed by atoms with Gasteiger partial charge >= 0.3 is 0 Å². The molecule has 0 aliphatic carbocycles. The van der Waals surface area contributed by atoms with Crippen molar-refractivity contribution in [3.8, 4) is 0 Å². The maximum absolute atomic E-state index is 12.6. The second-order valence-electron chi connectivity index (χ2n) is 7.67. The quantitative estimate of drug-likeness (QED) is 0.701. The molecule has 1 aliphatic heterocycles. The lowest BCUT2D eigenvalue weighted by atomic mass is 10.1. The summed E-state index contributed by atoms with van der Waals surface area (Å²) in [6.07, 6.45) is 3.35. The Morgan fingerprint density at radius 1 is 1.14 bits per heavy atom. The number of amides is 2. The number of hydrogen-bond donors (Lipinski definition) is 1. The van der Waals surface area contributed by atoms with Gasteiger partial charge in [0.05, 0.1) is 5.52 Å². The minimum absolute atomic E-state index is 0.0282. The molecule has 2 aromatic carbocycles. The average Bonchev–Trinajstić information content (AvgIpc) is 3.07. The van der Waals surface area contributed by atoms with Gasteiger partial charge in [0.15, 0.2) is 0 Å². The van der Waals surface area contributed by atoms with Crippen LogP contribution in [0.25, 0.3) is 10.9 Å². The van der Waals surface area contributed by atoms with E-state index in [-0.39, 0.29) is 17.9 Å². The first-order valence-corrected chi connectivity index (χ1v) is 10.0. The van der Waals surface area contributed by atoms with Gasteiger partial charge in [-0.15, -0.1) is 0 Å². The van der Waals surface area contributed by atoms with Gasteiger partial charge in [-0.05, 0) is 36.6 Å². The highest BCUT2D eigenvalue weighted by molar-refractivity contribution is 5.84. The lowest BCUT2D eigenvalue weighted by molar-refractivity contribution is -0.130. The average molecular weight is 387 g/mol. The number of aromatic nitrogens is 1. The van der Waals surface area contributed by atoms with Gasteiger partial charge in [0.2, 0.25) is 11.8 Å². The lowest BCUT2D eigenvalue weighted by Gasteiger charge is -2.24. The predicted molar refractivity (Wildman–Crippen MR) is 113 cm³/mol. The van der Waals surface area contributed by atoms with Crippen LogP contribution in [0.1, 0.15) is 36.0 Å². The van der Waals surface area contributed by atoms with Crippen LogP contribution in [-0.4, -0.2) is 27.7 Å². The molecule has 0 saturated carbocycles. The molecule has 1 atom stereocenters. The monoisotopic (exact) mass is 387 g/mol. The molecule has 0 bridgehead atoms. The third kappa shape index (κ3) is 4.45. The van der Waals surface area contributed by atoms with Gasteiger partial charge in [0.1, 0.15) is 0 Å². The van der Waals surface area contributed by atoms with Gasteiger partial charge < -0.3 is 10.2 Å². The van der Waals surface area contributed by atoms with Gasteiger partial charge in [0, 0.05) is 43.6 Å². The first kappa shape index (κ1) is 19.1. The zero-order chi connectivity index (χ0) is 20.2. The fourth-order valence-electron chi connectivity index (χ4n) is 3.91. The molecule has 1 unspecified atom stereocenters. The highest BCUT2D eigenvalue weighted by Gasteiger charge is 2.32. The first-order valence-electron chi connectivity index (χ1n) is 10.0. The molecule has 0 radical (unpaired) electrons. The summed E-state index contributed by atoms with van der Waals surface area (Å²) in [7, 11) is 0.